The van der Waals surface area contributed by atoms with Gasteiger partial charge in [-0.3, -0.25) is 9.82 Å². The smallest absolute Gasteiger partial charge is 0.0813 e. The third kappa shape index (κ3) is 3.51. The highest BCUT2D eigenvalue weighted by molar-refractivity contribution is 5.78. The van der Waals surface area contributed by atoms with E-state index in [2.05, 4.69) is 28.7 Å². The molecule has 0 bridgehead atoms. The molecule has 0 aliphatic carbocycles. The number of aromatic nitrogens is 1. The average Bonchev–Trinajstić information content (AvgIpc) is 2.27. The minimum Gasteiger partial charge on any atom is -0.296 e. The molecule has 0 aliphatic heterocycles. The van der Waals surface area contributed by atoms with E-state index in [-0.39, 0.29) is 5.60 Å². The summed E-state index contributed by atoms with van der Waals surface area (Å²) in [6, 6.07) is 10.2. The summed E-state index contributed by atoms with van der Waals surface area (Å²) in [6.07, 6.45) is 1.81. The van der Waals surface area contributed by atoms with Gasteiger partial charge in [0.25, 0.3) is 0 Å². The van der Waals surface area contributed by atoms with Crippen molar-refractivity contribution in [1.29, 1.82) is 0 Å². The first-order valence-electron chi connectivity index (χ1n) is 5.79. The maximum atomic E-state index is 5.48. The molecule has 0 aliphatic rings. The normalized spacial score (nSPS) is 11.9. The van der Waals surface area contributed by atoms with Crippen LogP contribution in [0.25, 0.3) is 10.9 Å². The van der Waals surface area contributed by atoms with E-state index in [9.17, 15) is 0 Å². The molecule has 0 unspecified atom stereocenters. The van der Waals surface area contributed by atoms with Gasteiger partial charge in [-0.15, -0.1) is 0 Å². The summed E-state index contributed by atoms with van der Waals surface area (Å²) >= 11 is 0. The summed E-state index contributed by atoms with van der Waals surface area (Å²) in [5.74, 6) is 0. The average molecular weight is 230 g/mol. The number of fused-ring (bicyclic) bond motifs is 1. The quantitative estimate of drug-likeness (QED) is 0.823. The highest BCUT2D eigenvalue weighted by atomic mass is 16.7. The van der Waals surface area contributed by atoms with Crippen LogP contribution in [0.15, 0.2) is 36.5 Å². The van der Waals surface area contributed by atoms with E-state index in [0.29, 0.717) is 6.54 Å². The first-order valence-corrected chi connectivity index (χ1v) is 5.79. The van der Waals surface area contributed by atoms with Gasteiger partial charge in [-0.2, -0.15) is 5.48 Å². The minimum absolute atomic E-state index is 0.168. The van der Waals surface area contributed by atoms with Crippen LogP contribution in [0.3, 0.4) is 0 Å². The lowest BCUT2D eigenvalue weighted by Crippen LogP contribution is -2.28. The molecule has 3 heteroatoms. The van der Waals surface area contributed by atoms with Crippen LogP contribution in [-0.4, -0.2) is 10.6 Å². The third-order valence-electron chi connectivity index (χ3n) is 2.32. The monoisotopic (exact) mass is 230 g/mol. The number of rotatable bonds is 3. The summed E-state index contributed by atoms with van der Waals surface area (Å²) < 4.78 is 0. The van der Waals surface area contributed by atoms with Crippen molar-refractivity contribution in [2.75, 3.05) is 0 Å². The van der Waals surface area contributed by atoms with Gasteiger partial charge in [0.2, 0.25) is 0 Å². The molecular formula is C14H18N2O. The third-order valence-corrected chi connectivity index (χ3v) is 2.32. The van der Waals surface area contributed by atoms with Crippen molar-refractivity contribution in [3.8, 4) is 0 Å². The van der Waals surface area contributed by atoms with Crippen molar-refractivity contribution in [3.05, 3.63) is 42.1 Å². The zero-order valence-corrected chi connectivity index (χ0v) is 10.5. The Morgan fingerprint density at radius 3 is 2.82 bits per heavy atom. The molecule has 0 radical (unpaired) electrons. The predicted molar refractivity (Wildman–Crippen MR) is 69.4 cm³/mol. The van der Waals surface area contributed by atoms with Gasteiger partial charge in [0, 0.05) is 18.1 Å². The number of nitrogens with one attached hydrogen (secondary N) is 1. The zero-order valence-electron chi connectivity index (χ0n) is 10.5. The Hall–Kier alpha value is -1.45. The largest absolute Gasteiger partial charge is 0.296 e. The van der Waals surface area contributed by atoms with Crippen molar-refractivity contribution in [2.45, 2.75) is 32.9 Å². The molecule has 2 aromatic rings. The van der Waals surface area contributed by atoms with Crippen LogP contribution in [0.4, 0.5) is 0 Å². The van der Waals surface area contributed by atoms with Crippen molar-refractivity contribution in [1.82, 2.24) is 10.5 Å². The summed E-state index contributed by atoms with van der Waals surface area (Å²) in [7, 11) is 0. The van der Waals surface area contributed by atoms with Gasteiger partial charge in [0.05, 0.1) is 11.1 Å². The van der Waals surface area contributed by atoms with Crippen LogP contribution in [0, 0.1) is 0 Å². The van der Waals surface area contributed by atoms with Crippen LogP contribution >= 0.6 is 0 Å². The number of benzene rings is 1. The Labute approximate surface area is 102 Å². The van der Waals surface area contributed by atoms with Gasteiger partial charge < -0.3 is 0 Å². The fourth-order valence-corrected chi connectivity index (χ4v) is 1.57. The van der Waals surface area contributed by atoms with E-state index in [1.165, 1.54) is 5.56 Å². The van der Waals surface area contributed by atoms with E-state index in [4.69, 9.17) is 4.84 Å². The molecule has 0 atom stereocenters. The molecule has 0 saturated carbocycles. The molecule has 1 aromatic heterocycles. The molecule has 1 heterocycles. The van der Waals surface area contributed by atoms with Crippen molar-refractivity contribution >= 4 is 10.9 Å². The molecule has 0 saturated heterocycles. The highest BCUT2D eigenvalue weighted by Gasteiger charge is 2.09. The van der Waals surface area contributed by atoms with Gasteiger partial charge >= 0.3 is 0 Å². The number of hydrogen-bond donors (Lipinski definition) is 1. The second-order valence-electron chi connectivity index (χ2n) is 5.07. The van der Waals surface area contributed by atoms with E-state index in [1.807, 2.05) is 39.1 Å². The Bertz CT molecular complexity index is 503. The van der Waals surface area contributed by atoms with Crippen molar-refractivity contribution in [3.63, 3.8) is 0 Å². The zero-order chi connectivity index (χ0) is 12.3. The summed E-state index contributed by atoms with van der Waals surface area (Å²) in [6.45, 7) is 6.75. The molecule has 1 N–H and O–H groups in total. The number of hydrogen-bond acceptors (Lipinski definition) is 3. The number of nitrogens with zero attached hydrogens (tertiary/aromatic N) is 1. The summed E-state index contributed by atoms with van der Waals surface area (Å²) in [5, 5.41) is 1.16. The number of hydroxylamine groups is 1. The van der Waals surface area contributed by atoms with Gasteiger partial charge in [-0.1, -0.05) is 12.1 Å². The molecule has 2 rings (SSSR count). The minimum atomic E-state index is -0.168. The maximum Gasteiger partial charge on any atom is 0.0813 e. The van der Waals surface area contributed by atoms with Gasteiger partial charge in [-0.25, -0.2) is 0 Å². The number of pyridine rings is 1. The van der Waals surface area contributed by atoms with Crippen molar-refractivity contribution in [2.24, 2.45) is 0 Å². The molecule has 3 nitrogen and oxygen atoms in total. The fraction of sp³-hybridized carbons (Fsp3) is 0.357. The Kier molecular flexibility index (Phi) is 3.41. The first kappa shape index (κ1) is 12.0. The molecular weight excluding hydrogens is 212 g/mol. The summed E-state index contributed by atoms with van der Waals surface area (Å²) in [5.41, 5.74) is 5.03. The van der Waals surface area contributed by atoms with Gasteiger partial charge in [0.1, 0.15) is 0 Å². The van der Waals surface area contributed by atoms with Crippen LogP contribution < -0.4 is 5.48 Å². The fourth-order valence-electron chi connectivity index (χ4n) is 1.57. The second kappa shape index (κ2) is 4.82. The SMILES string of the molecule is CC(C)(C)ONCc1ccc2ncccc2c1. The Morgan fingerprint density at radius 1 is 1.24 bits per heavy atom. The van der Waals surface area contributed by atoms with Crippen LogP contribution in [-0.2, 0) is 11.4 Å². The Balaban J connectivity index is 2.04. The molecule has 0 fully saturated rings. The Morgan fingerprint density at radius 2 is 2.06 bits per heavy atom. The lowest BCUT2D eigenvalue weighted by atomic mass is 10.1. The van der Waals surface area contributed by atoms with E-state index in [0.717, 1.165) is 10.9 Å². The first-order chi connectivity index (χ1) is 8.04. The van der Waals surface area contributed by atoms with Gasteiger partial charge in [-0.05, 0) is 44.5 Å². The predicted octanol–water partition coefficient (Wildman–Crippen LogP) is 3.05. The molecule has 0 amide bonds. The standard InChI is InChI=1S/C14H18N2O/c1-14(2,3)17-16-10-11-6-7-13-12(9-11)5-4-8-15-13/h4-9,16H,10H2,1-3H3. The van der Waals surface area contributed by atoms with Crippen LogP contribution in [0.2, 0.25) is 0 Å². The van der Waals surface area contributed by atoms with Crippen LogP contribution in [0.1, 0.15) is 26.3 Å². The van der Waals surface area contributed by atoms with E-state index >= 15 is 0 Å². The summed E-state index contributed by atoms with van der Waals surface area (Å²) in [4.78, 5) is 9.77. The van der Waals surface area contributed by atoms with Crippen molar-refractivity contribution < 1.29 is 4.84 Å². The topological polar surface area (TPSA) is 34.1 Å². The molecule has 1 aromatic carbocycles. The molecule has 0 spiro atoms. The highest BCUT2D eigenvalue weighted by Crippen LogP contribution is 2.13. The second-order valence-corrected chi connectivity index (χ2v) is 5.07. The maximum absolute atomic E-state index is 5.48. The lowest BCUT2D eigenvalue weighted by molar-refractivity contribution is -0.0757. The van der Waals surface area contributed by atoms with E-state index in [1.54, 1.807) is 0 Å². The van der Waals surface area contributed by atoms with E-state index < -0.39 is 0 Å². The molecule has 90 valence electrons. The molecule has 17 heavy (non-hydrogen) atoms. The van der Waals surface area contributed by atoms with Crippen LogP contribution in [0.5, 0.6) is 0 Å². The lowest BCUT2D eigenvalue weighted by Gasteiger charge is -2.19. The van der Waals surface area contributed by atoms with Gasteiger partial charge in [0.15, 0.2) is 0 Å².